The number of carbonyl (C=O) groups is 1. The number of hydrogen-bond acceptors (Lipinski definition) is 3. The molecule has 0 atom stereocenters. The largest absolute Gasteiger partial charge is 0.322 e. The number of nitrogens with one attached hydrogen (secondary N) is 1. The third-order valence-electron chi connectivity index (χ3n) is 5.08. The molecule has 6 nitrogen and oxygen atoms in total. The molecule has 0 aliphatic carbocycles. The van der Waals surface area contributed by atoms with Gasteiger partial charge in [0.15, 0.2) is 5.82 Å². The third-order valence-corrected chi connectivity index (χ3v) is 5.31. The van der Waals surface area contributed by atoms with Crippen molar-refractivity contribution in [2.45, 2.75) is 27.3 Å². The van der Waals surface area contributed by atoms with Gasteiger partial charge in [-0.15, -0.1) is 10.2 Å². The lowest BCUT2D eigenvalue weighted by Gasteiger charge is -2.11. The monoisotopic (exact) mass is 419 g/mol. The molecule has 1 amide bonds. The van der Waals surface area contributed by atoms with Crippen molar-refractivity contribution >= 4 is 23.2 Å². The first-order valence-electron chi connectivity index (χ1n) is 9.72. The van der Waals surface area contributed by atoms with Gasteiger partial charge in [0.1, 0.15) is 6.33 Å². The van der Waals surface area contributed by atoms with Crippen molar-refractivity contribution in [2.75, 3.05) is 5.32 Å². The Morgan fingerprint density at radius 2 is 1.90 bits per heavy atom. The maximum atomic E-state index is 13.0. The molecular weight excluding hydrogens is 398 g/mol. The highest BCUT2D eigenvalue weighted by Crippen LogP contribution is 2.25. The highest BCUT2D eigenvalue weighted by Gasteiger charge is 2.17. The lowest BCUT2D eigenvalue weighted by atomic mass is 10.1. The smallest absolute Gasteiger partial charge is 0.257 e. The van der Waals surface area contributed by atoms with Crippen LogP contribution >= 0.6 is 11.6 Å². The predicted octanol–water partition coefficient (Wildman–Crippen LogP) is 5.28. The molecule has 0 bridgehead atoms. The highest BCUT2D eigenvalue weighted by atomic mass is 35.5. The van der Waals surface area contributed by atoms with Crippen LogP contribution in [0.5, 0.6) is 0 Å². The van der Waals surface area contributed by atoms with E-state index in [-0.39, 0.29) is 5.91 Å². The van der Waals surface area contributed by atoms with E-state index < -0.39 is 0 Å². The van der Waals surface area contributed by atoms with Crippen LogP contribution in [-0.2, 0) is 6.54 Å². The molecule has 4 rings (SSSR count). The molecule has 0 saturated heterocycles. The first-order valence-corrected chi connectivity index (χ1v) is 10.1. The summed E-state index contributed by atoms with van der Waals surface area (Å²) < 4.78 is 3.99. The lowest BCUT2D eigenvalue weighted by molar-refractivity contribution is 0.102. The Morgan fingerprint density at radius 3 is 2.67 bits per heavy atom. The van der Waals surface area contributed by atoms with Crippen LogP contribution in [0.15, 0.2) is 60.9 Å². The molecule has 2 heterocycles. The zero-order chi connectivity index (χ0) is 21.3. The van der Waals surface area contributed by atoms with E-state index in [1.165, 1.54) is 0 Å². The molecule has 7 heteroatoms. The molecule has 30 heavy (non-hydrogen) atoms. The number of aryl methyl sites for hydroxylation is 2. The maximum absolute atomic E-state index is 13.0. The normalized spacial score (nSPS) is 10.9. The molecule has 0 fully saturated rings. The minimum absolute atomic E-state index is 0.162. The van der Waals surface area contributed by atoms with Crippen LogP contribution in [0.25, 0.3) is 17.1 Å². The predicted molar refractivity (Wildman–Crippen MR) is 119 cm³/mol. The van der Waals surface area contributed by atoms with Gasteiger partial charge in [0, 0.05) is 39.9 Å². The molecule has 1 N–H and O–H groups in total. The van der Waals surface area contributed by atoms with Crippen molar-refractivity contribution in [1.82, 2.24) is 19.3 Å². The van der Waals surface area contributed by atoms with Crippen LogP contribution in [0.2, 0.25) is 5.02 Å². The first-order chi connectivity index (χ1) is 14.5. The fourth-order valence-electron chi connectivity index (χ4n) is 3.65. The van der Waals surface area contributed by atoms with E-state index >= 15 is 0 Å². The second-order valence-electron chi connectivity index (χ2n) is 7.08. The van der Waals surface area contributed by atoms with Gasteiger partial charge in [-0.25, -0.2) is 0 Å². The summed E-state index contributed by atoms with van der Waals surface area (Å²) in [5, 5.41) is 11.8. The number of anilines is 1. The van der Waals surface area contributed by atoms with Gasteiger partial charge in [-0.3, -0.25) is 4.79 Å². The van der Waals surface area contributed by atoms with Crippen LogP contribution < -0.4 is 5.32 Å². The zero-order valence-electron chi connectivity index (χ0n) is 17.1. The molecule has 0 saturated carbocycles. The lowest BCUT2D eigenvalue weighted by Crippen LogP contribution is -2.13. The Morgan fingerprint density at radius 1 is 1.10 bits per heavy atom. The SMILES string of the molecule is CCn1cnnc1-c1cccc(NC(=O)c2cc(C)n(-c3cccc(Cl)c3)c2C)c1. The summed E-state index contributed by atoms with van der Waals surface area (Å²) in [4.78, 5) is 13.0. The maximum Gasteiger partial charge on any atom is 0.257 e. The van der Waals surface area contributed by atoms with Gasteiger partial charge in [-0.05, 0) is 57.2 Å². The van der Waals surface area contributed by atoms with Gasteiger partial charge < -0.3 is 14.5 Å². The molecule has 0 aliphatic rings. The van der Waals surface area contributed by atoms with Crippen LogP contribution in [0.3, 0.4) is 0 Å². The zero-order valence-corrected chi connectivity index (χ0v) is 17.8. The second kappa shape index (κ2) is 8.16. The van der Waals surface area contributed by atoms with Crippen molar-refractivity contribution in [3.63, 3.8) is 0 Å². The summed E-state index contributed by atoms with van der Waals surface area (Å²) in [6.45, 7) is 6.72. The Bertz CT molecular complexity index is 1220. The number of amides is 1. The topological polar surface area (TPSA) is 64.7 Å². The second-order valence-corrected chi connectivity index (χ2v) is 7.51. The van der Waals surface area contributed by atoms with Crippen molar-refractivity contribution in [3.05, 3.63) is 82.9 Å². The van der Waals surface area contributed by atoms with Gasteiger partial charge in [0.2, 0.25) is 0 Å². The summed E-state index contributed by atoms with van der Waals surface area (Å²) in [6.07, 6.45) is 1.70. The average Bonchev–Trinajstić information content (AvgIpc) is 3.32. The minimum Gasteiger partial charge on any atom is -0.322 e. The fraction of sp³-hybridized carbons (Fsp3) is 0.174. The van der Waals surface area contributed by atoms with Crippen LogP contribution in [0.4, 0.5) is 5.69 Å². The minimum atomic E-state index is -0.162. The Kier molecular flexibility index (Phi) is 5.42. The first kappa shape index (κ1) is 19.9. The molecule has 4 aromatic rings. The van der Waals surface area contributed by atoms with E-state index in [2.05, 4.69) is 15.5 Å². The molecule has 0 radical (unpaired) electrons. The summed E-state index contributed by atoms with van der Waals surface area (Å²) in [7, 11) is 0. The number of carbonyl (C=O) groups excluding carboxylic acids is 1. The van der Waals surface area contributed by atoms with Crippen LogP contribution in [0, 0.1) is 13.8 Å². The molecule has 152 valence electrons. The summed E-state index contributed by atoms with van der Waals surface area (Å²) in [5.41, 5.74) is 4.97. The van der Waals surface area contributed by atoms with Gasteiger partial charge in [-0.2, -0.15) is 0 Å². The van der Waals surface area contributed by atoms with E-state index in [1.54, 1.807) is 6.33 Å². The molecule has 2 aromatic carbocycles. The van der Waals surface area contributed by atoms with E-state index in [0.29, 0.717) is 16.3 Å². The van der Waals surface area contributed by atoms with Crippen molar-refractivity contribution < 1.29 is 4.79 Å². The number of nitrogens with zero attached hydrogens (tertiary/aromatic N) is 4. The van der Waals surface area contributed by atoms with Gasteiger partial charge in [0.25, 0.3) is 5.91 Å². The average molecular weight is 420 g/mol. The van der Waals surface area contributed by atoms with E-state index in [0.717, 1.165) is 35.0 Å². The summed E-state index contributed by atoms with van der Waals surface area (Å²) in [6, 6.07) is 17.1. The van der Waals surface area contributed by atoms with Crippen LogP contribution in [-0.4, -0.2) is 25.2 Å². The van der Waals surface area contributed by atoms with Crippen molar-refractivity contribution in [3.8, 4) is 17.1 Å². The quantitative estimate of drug-likeness (QED) is 0.478. The van der Waals surface area contributed by atoms with E-state index in [1.807, 2.05) is 84.5 Å². The number of hydrogen-bond donors (Lipinski definition) is 1. The molecule has 0 unspecified atom stereocenters. The summed E-state index contributed by atoms with van der Waals surface area (Å²) >= 11 is 6.15. The van der Waals surface area contributed by atoms with E-state index in [9.17, 15) is 4.79 Å². The molecule has 2 aromatic heterocycles. The third kappa shape index (κ3) is 3.74. The highest BCUT2D eigenvalue weighted by molar-refractivity contribution is 6.30. The number of rotatable bonds is 5. The Balaban J connectivity index is 1.63. The number of halogens is 1. The number of benzene rings is 2. The standard InChI is InChI=1S/C23H22ClN5O/c1-4-28-14-25-27-22(28)17-7-5-9-19(12-17)26-23(30)21-11-15(2)29(16(21)3)20-10-6-8-18(24)13-20/h5-14H,4H2,1-3H3,(H,26,30). The van der Waals surface area contributed by atoms with Gasteiger partial charge >= 0.3 is 0 Å². The van der Waals surface area contributed by atoms with Gasteiger partial charge in [0.05, 0.1) is 5.56 Å². The Hall–Kier alpha value is -3.38. The van der Waals surface area contributed by atoms with E-state index in [4.69, 9.17) is 11.6 Å². The molecular formula is C23H22ClN5O. The van der Waals surface area contributed by atoms with Crippen molar-refractivity contribution in [1.29, 1.82) is 0 Å². The fourth-order valence-corrected chi connectivity index (χ4v) is 3.83. The van der Waals surface area contributed by atoms with Crippen molar-refractivity contribution in [2.24, 2.45) is 0 Å². The number of aromatic nitrogens is 4. The van der Waals surface area contributed by atoms with Gasteiger partial charge in [-0.1, -0.05) is 29.8 Å². The molecule has 0 aliphatic heterocycles. The Labute approximate surface area is 180 Å². The molecule has 0 spiro atoms. The van der Waals surface area contributed by atoms with Crippen LogP contribution in [0.1, 0.15) is 28.7 Å². The summed E-state index contributed by atoms with van der Waals surface area (Å²) in [5.74, 6) is 0.609.